The summed E-state index contributed by atoms with van der Waals surface area (Å²) in [4.78, 5) is 20.2. The van der Waals surface area contributed by atoms with Gasteiger partial charge < -0.3 is 10.1 Å². The number of hydrogen-bond acceptors (Lipinski definition) is 5. The molecule has 0 radical (unpaired) electrons. The highest BCUT2D eigenvalue weighted by Gasteiger charge is 2.08. The molecule has 0 fully saturated rings. The summed E-state index contributed by atoms with van der Waals surface area (Å²) in [6.45, 7) is 0.839. The van der Waals surface area contributed by atoms with Crippen molar-refractivity contribution in [3.05, 3.63) is 65.8 Å². The van der Waals surface area contributed by atoms with Crippen LogP contribution in [0.25, 0.3) is 5.82 Å². The van der Waals surface area contributed by atoms with Crippen LogP contribution < -0.4 is 10.1 Å². The van der Waals surface area contributed by atoms with Gasteiger partial charge in [-0.05, 0) is 36.8 Å². The number of carbonyl (C=O) groups excluding carboxylic acids is 1. The Morgan fingerprint density at radius 1 is 1.23 bits per heavy atom. The maximum Gasteiger partial charge on any atom is 0.220 e. The quantitative estimate of drug-likeness (QED) is 0.616. The molecule has 3 rings (SSSR count). The molecule has 0 saturated carbocycles. The summed E-state index contributed by atoms with van der Waals surface area (Å²) in [6, 6.07) is 10.9. The van der Waals surface area contributed by atoms with E-state index in [9.17, 15) is 4.79 Å². The topological polar surface area (TPSA) is 81.9 Å². The summed E-state index contributed by atoms with van der Waals surface area (Å²) >= 11 is 5.82. The maximum absolute atomic E-state index is 12.0. The average molecular weight is 372 g/mol. The smallest absolute Gasteiger partial charge is 0.220 e. The van der Waals surface area contributed by atoms with Crippen LogP contribution in [-0.2, 0) is 11.3 Å². The second-order valence-corrected chi connectivity index (χ2v) is 5.95. The summed E-state index contributed by atoms with van der Waals surface area (Å²) in [5.41, 5.74) is 0.865. The number of pyridine rings is 1. The first kappa shape index (κ1) is 17.9. The van der Waals surface area contributed by atoms with Crippen molar-refractivity contribution in [2.24, 2.45) is 0 Å². The molecule has 2 heterocycles. The number of nitrogens with zero attached hydrogens (tertiary/aromatic N) is 4. The van der Waals surface area contributed by atoms with Crippen LogP contribution in [0.1, 0.15) is 18.4 Å². The fourth-order valence-corrected chi connectivity index (χ4v) is 2.45. The van der Waals surface area contributed by atoms with E-state index in [2.05, 4.69) is 20.4 Å². The van der Waals surface area contributed by atoms with Gasteiger partial charge in [-0.15, -0.1) is 0 Å². The molecule has 0 bridgehead atoms. The first-order chi connectivity index (χ1) is 12.7. The summed E-state index contributed by atoms with van der Waals surface area (Å²) in [7, 11) is 0. The van der Waals surface area contributed by atoms with Crippen molar-refractivity contribution in [3.63, 3.8) is 0 Å². The molecule has 1 N–H and O–H groups in total. The van der Waals surface area contributed by atoms with Crippen molar-refractivity contribution in [3.8, 4) is 11.6 Å². The van der Waals surface area contributed by atoms with Crippen LogP contribution in [0.2, 0.25) is 5.02 Å². The van der Waals surface area contributed by atoms with Gasteiger partial charge in [-0.1, -0.05) is 17.7 Å². The number of halogens is 1. The molecule has 3 aromatic rings. The monoisotopic (exact) mass is 371 g/mol. The Balaban J connectivity index is 1.43. The second kappa shape index (κ2) is 8.96. The first-order valence-corrected chi connectivity index (χ1v) is 8.54. The number of rotatable bonds is 8. The minimum atomic E-state index is -0.0434. The zero-order valence-corrected chi connectivity index (χ0v) is 14.8. The van der Waals surface area contributed by atoms with E-state index in [-0.39, 0.29) is 5.91 Å². The molecule has 0 spiro atoms. The molecule has 8 heteroatoms. The molecular weight excluding hydrogens is 354 g/mol. The third-order valence-corrected chi connectivity index (χ3v) is 3.86. The number of hydrogen-bond donors (Lipinski definition) is 1. The molecule has 0 atom stereocenters. The van der Waals surface area contributed by atoms with Gasteiger partial charge in [0.2, 0.25) is 5.91 Å². The zero-order chi connectivity index (χ0) is 18.2. The number of carbonyl (C=O) groups is 1. The summed E-state index contributed by atoms with van der Waals surface area (Å²) in [6.07, 6.45) is 5.69. The molecule has 0 unspecified atom stereocenters. The molecule has 2 aromatic heterocycles. The van der Waals surface area contributed by atoms with Gasteiger partial charge in [0.25, 0.3) is 0 Å². The third kappa shape index (κ3) is 5.03. The van der Waals surface area contributed by atoms with E-state index >= 15 is 0 Å². The Kier molecular flexibility index (Phi) is 6.16. The van der Waals surface area contributed by atoms with Crippen LogP contribution in [0.15, 0.2) is 55.2 Å². The van der Waals surface area contributed by atoms with Gasteiger partial charge in [-0.2, -0.15) is 5.10 Å². The maximum atomic E-state index is 12.0. The van der Waals surface area contributed by atoms with Crippen molar-refractivity contribution in [2.75, 3.05) is 6.61 Å². The largest absolute Gasteiger partial charge is 0.494 e. The van der Waals surface area contributed by atoms with Crippen LogP contribution in [0, 0.1) is 0 Å². The van der Waals surface area contributed by atoms with Gasteiger partial charge in [0.1, 0.15) is 18.4 Å². The number of nitrogens with one attached hydrogen (secondary N) is 1. The lowest BCUT2D eigenvalue weighted by Crippen LogP contribution is -2.24. The lowest BCUT2D eigenvalue weighted by Gasteiger charge is -2.10. The second-order valence-electron chi connectivity index (χ2n) is 5.51. The average Bonchev–Trinajstić information content (AvgIpc) is 3.20. The number of amides is 1. The van der Waals surface area contributed by atoms with E-state index in [1.54, 1.807) is 41.5 Å². The van der Waals surface area contributed by atoms with Crippen LogP contribution in [-0.4, -0.2) is 32.3 Å². The Labute approximate surface area is 156 Å². The van der Waals surface area contributed by atoms with Gasteiger partial charge in [-0.25, -0.2) is 14.6 Å². The highest BCUT2D eigenvalue weighted by Crippen LogP contribution is 2.15. The van der Waals surface area contributed by atoms with E-state index in [0.29, 0.717) is 36.8 Å². The molecule has 0 aliphatic rings. The fraction of sp³-hybridized carbons (Fsp3) is 0.222. The van der Waals surface area contributed by atoms with E-state index in [0.717, 1.165) is 11.3 Å². The lowest BCUT2D eigenvalue weighted by atomic mass is 10.2. The summed E-state index contributed by atoms with van der Waals surface area (Å²) in [5.74, 6) is 1.34. The van der Waals surface area contributed by atoms with Crippen LogP contribution in [0.3, 0.4) is 0 Å². The van der Waals surface area contributed by atoms with Gasteiger partial charge in [0, 0.05) is 29.7 Å². The van der Waals surface area contributed by atoms with Gasteiger partial charge in [-0.3, -0.25) is 4.79 Å². The third-order valence-electron chi connectivity index (χ3n) is 3.61. The minimum Gasteiger partial charge on any atom is -0.494 e. The predicted molar refractivity (Wildman–Crippen MR) is 97.2 cm³/mol. The van der Waals surface area contributed by atoms with Crippen LogP contribution >= 0.6 is 11.6 Å². The van der Waals surface area contributed by atoms with Crippen molar-refractivity contribution in [2.45, 2.75) is 19.4 Å². The number of ether oxygens (including phenoxy) is 1. The summed E-state index contributed by atoms with van der Waals surface area (Å²) < 4.78 is 7.15. The molecule has 0 aliphatic heterocycles. The molecule has 0 saturated heterocycles. The van der Waals surface area contributed by atoms with Crippen molar-refractivity contribution in [1.29, 1.82) is 0 Å². The van der Waals surface area contributed by atoms with Crippen molar-refractivity contribution in [1.82, 2.24) is 25.1 Å². The highest BCUT2D eigenvalue weighted by atomic mass is 35.5. The van der Waals surface area contributed by atoms with E-state index in [1.807, 2.05) is 12.1 Å². The van der Waals surface area contributed by atoms with Crippen LogP contribution in [0.5, 0.6) is 5.75 Å². The lowest BCUT2D eigenvalue weighted by molar-refractivity contribution is -0.121. The fourth-order valence-electron chi connectivity index (χ4n) is 2.33. The zero-order valence-electron chi connectivity index (χ0n) is 14.0. The molecule has 134 valence electrons. The standard InChI is InChI=1S/C18H18ClN5O2/c19-15-5-7-16(8-6-15)26-10-2-4-17(25)22-11-14-3-1-9-21-18(14)24-13-20-12-23-24/h1,3,5-9,12-13H,2,4,10-11H2,(H,22,25). The summed E-state index contributed by atoms with van der Waals surface area (Å²) in [5, 5.41) is 7.63. The molecule has 26 heavy (non-hydrogen) atoms. The van der Waals surface area contributed by atoms with Gasteiger partial charge >= 0.3 is 0 Å². The van der Waals surface area contributed by atoms with E-state index < -0.39 is 0 Å². The first-order valence-electron chi connectivity index (χ1n) is 8.16. The molecule has 0 aliphatic carbocycles. The van der Waals surface area contributed by atoms with Gasteiger partial charge in [0.05, 0.1) is 6.61 Å². The van der Waals surface area contributed by atoms with Crippen molar-refractivity contribution < 1.29 is 9.53 Å². The normalized spacial score (nSPS) is 10.5. The minimum absolute atomic E-state index is 0.0434. The van der Waals surface area contributed by atoms with Crippen molar-refractivity contribution >= 4 is 17.5 Å². The molecular formula is C18H18ClN5O2. The van der Waals surface area contributed by atoms with E-state index in [4.69, 9.17) is 16.3 Å². The molecule has 7 nitrogen and oxygen atoms in total. The van der Waals surface area contributed by atoms with E-state index in [1.165, 1.54) is 6.33 Å². The number of aromatic nitrogens is 4. The number of benzene rings is 1. The SMILES string of the molecule is O=C(CCCOc1ccc(Cl)cc1)NCc1cccnc1-n1cncn1. The Hall–Kier alpha value is -2.93. The predicted octanol–water partition coefficient (Wildman–Crippen LogP) is 2.79. The Morgan fingerprint density at radius 3 is 2.85 bits per heavy atom. The highest BCUT2D eigenvalue weighted by molar-refractivity contribution is 6.30. The Morgan fingerprint density at radius 2 is 2.08 bits per heavy atom. The molecule has 1 amide bonds. The van der Waals surface area contributed by atoms with Gasteiger partial charge in [0.15, 0.2) is 5.82 Å². The van der Waals surface area contributed by atoms with Crippen LogP contribution in [0.4, 0.5) is 0 Å². The Bertz CT molecular complexity index is 837. The molecule has 1 aromatic carbocycles.